The van der Waals surface area contributed by atoms with E-state index in [2.05, 4.69) is 20.3 Å². The van der Waals surface area contributed by atoms with Crippen molar-refractivity contribution >= 4 is 0 Å². The van der Waals surface area contributed by atoms with Gasteiger partial charge in [0.2, 0.25) is 5.82 Å². The molecule has 20 heavy (non-hydrogen) atoms. The van der Waals surface area contributed by atoms with Crippen LogP contribution in [-0.4, -0.2) is 27.4 Å². The summed E-state index contributed by atoms with van der Waals surface area (Å²) < 4.78 is 10.3. The Balaban J connectivity index is 2.00. The normalized spacial score (nSPS) is 10.2. The summed E-state index contributed by atoms with van der Waals surface area (Å²) in [7, 11) is 1.59. The van der Waals surface area contributed by atoms with Gasteiger partial charge in [-0.15, -0.1) is 0 Å². The number of nitrogens with zero attached hydrogens (tertiary/aromatic N) is 4. The molecule has 0 unspecified atom stereocenters. The van der Waals surface area contributed by atoms with Gasteiger partial charge in [0.15, 0.2) is 0 Å². The van der Waals surface area contributed by atoms with Crippen molar-refractivity contribution in [1.82, 2.24) is 20.3 Å². The lowest BCUT2D eigenvalue weighted by Crippen LogP contribution is -1.85. The fourth-order valence-electron chi connectivity index (χ4n) is 1.75. The number of benzene rings is 1. The second-order valence-corrected chi connectivity index (χ2v) is 3.93. The number of nitrogens with one attached hydrogen (secondary N) is 1. The summed E-state index contributed by atoms with van der Waals surface area (Å²) in [5.74, 6) is 1.37. The van der Waals surface area contributed by atoms with E-state index in [0.29, 0.717) is 17.1 Å². The van der Waals surface area contributed by atoms with Crippen LogP contribution < -0.4 is 4.74 Å². The number of hydrogen-bond donors (Lipinski definition) is 1. The molecule has 0 fully saturated rings. The summed E-state index contributed by atoms with van der Waals surface area (Å²) in [6.07, 6.45) is 1.47. The number of rotatable bonds is 3. The van der Waals surface area contributed by atoms with E-state index in [0.717, 1.165) is 5.56 Å². The molecule has 0 aliphatic carbocycles. The maximum Gasteiger partial charge on any atom is 0.262 e. The molecule has 1 aromatic carbocycles. The number of hydrogen-bond acceptors (Lipinski definition) is 6. The molecule has 0 aliphatic heterocycles. The third kappa shape index (κ3) is 1.99. The Morgan fingerprint density at radius 3 is 3.10 bits per heavy atom. The Bertz CT molecular complexity index is 784. The van der Waals surface area contributed by atoms with Crippen LogP contribution in [0.5, 0.6) is 5.75 Å². The first-order chi connectivity index (χ1) is 9.81. The Kier molecular flexibility index (Phi) is 2.89. The quantitative estimate of drug-likeness (QED) is 0.778. The third-order valence-electron chi connectivity index (χ3n) is 2.74. The van der Waals surface area contributed by atoms with Crippen molar-refractivity contribution in [2.75, 3.05) is 7.11 Å². The third-order valence-corrected chi connectivity index (χ3v) is 2.74. The Hall–Kier alpha value is -3.14. The van der Waals surface area contributed by atoms with E-state index in [1.165, 1.54) is 6.20 Å². The summed E-state index contributed by atoms with van der Waals surface area (Å²) in [4.78, 5) is 4.26. The van der Waals surface area contributed by atoms with E-state index in [9.17, 15) is 0 Å². The van der Waals surface area contributed by atoms with Gasteiger partial charge in [0.1, 0.15) is 17.5 Å². The molecule has 3 aromatic rings. The van der Waals surface area contributed by atoms with Crippen molar-refractivity contribution in [3.63, 3.8) is 0 Å². The lowest BCUT2D eigenvalue weighted by Gasteiger charge is -1.99. The summed E-state index contributed by atoms with van der Waals surface area (Å²) in [6.45, 7) is 0. The fraction of sp³-hybridized carbons (Fsp3) is 0.0769. The summed E-state index contributed by atoms with van der Waals surface area (Å²) >= 11 is 0. The van der Waals surface area contributed by atoms with Crippen molar-refractivity contribution in [2.24, 2.45) is 0 Å². The van der Waals surface area contributed by atoms with E-state index >= 15 is 0 Å². The van der Waals surface area contributed by atoms with Gasteiger partial charge in [0.05, 0.1) is 18.9 Å². The maximum absolute atomic E-state index is 8.93. The number of nitriles is 1. The molecule has 1 N–H and O–H groups in total. The van der Waals surface area contributed by atoms with Crippen molar-refractivity contribution in [1.29, 1.82) is 5.26 Å². The molecule has 7 nitrogen and oxygen atoms in total. The highest BCUT2D eigenvalue weighted by Crippen LogP contribution is 2.25. The molecule has 98 valence electrons. The second kappa shape index (κ2) is 4.85. The lowest BCUT2D eigenvalue weighted by atomic mass is 10.2. The van der Waals surface area contributed by atoms with Gasteiger partial charge in [-0.05, 0) is 12.1 Å². The standard InChI is InChI=1S/C13H9N5O2/c1-19-9-4-2-3-8(5-9)12-16-13(20-18-12)10-7-15-17-11(10)6-14/h2-5,7H,1H3,(H,15,17). The van der Waals surface area contributed by atoms with Crippen molar-refractivity contribution < 1.29 is 9.26 Å². The van der Waals surface area contributed by atoms with E-state index in [1.807, 2.05) is 24.3 Å². The highest BCUT2D eigenvalue weighted by atomic mass is 16.5. The van der Waals surface area contributed by atoms with Gasteiger partial charge in [-0.2, -0.15) is 15.3 Å². The average Bonchev–Trinajstić information content (AvgIpc) is 3.15. The van der Waals surface area contributed by atoms with Crippen LogP contribution >= 0.6 is 0 Å². The molecule has 0 aliphatic rings. The van der Waals surface area contributed by atoms with Crippen LogP contribution in [0.2, 0.25) is 0 Å². The zero-order chi connectivity index (χ0) is 13.9. The maximum atomic E-state index is 8.93. The first-order valence-corrected chi connectivity index (χ1v) is 5.74. The minimum Gasteiger partial charge on any atom is -0.497 e. The van der Waals surface area contributed by atoms with Gasteiger partial charge in [0, 0.05) is 5.56 Å². The predicted octanol–water partition coefficient (Wildman–Crippen LogP) is 2.01. The van der Waals surface area contributed by atoms with Crippen LogP contribution in [0.15, 0.2) is 35.0 Å². The molecule has 0 atom stereocenters. The highest BCUT2D eigenvalue weighted by Gasteiger charge is 2.15. The molecule has 0 radical (unpaired) electrons. The zero-order valence-electron chi connectivity index (χ0n) is 10.5. The SMILES string of the molecule is COc1cccc(-c2noc(-c3cn[nH]c3C#N)n2)c1. The average molecular weight is 267 g/mol. The van der Waals surface area contributed by atoms with E-state index in [-0.39, 0.29) is 11.6 Å². The molecule has 3 rings (SSSR count). The van der Waals surface area contributed by atoms with Crippen molar-refractivity contribution in [3.8, 4) is 34.7 Å². The summed E-state index contributed by atoms with van der Waals surface area (Å²) in [5.41, 5.74) is 1.53. The van der Waals surface area contributed by atoms with Crippen LogP contribution in [0.1, 0.15) is 5.69 Å². The Morgan fingerprint density at radius 1 is 1.40 bits per heavy atom. The van der Waals surface area contributed by atoms with Crippen LogP contribution in [0.25, 0.3) is 22.8 Å². The van der Waals surface area contributed by atoms with Crippen molar-refractivity contribution in [2.45, 2.75) is 0 Å². The van der Waals surface area contributed by atoms with Crippen LogP contribution in [-0.2, 0) is 0 Å². The molecular formula is C13H9N5O2. The summed E-state index contributed by atoms with van der Waals surface area (Å²) in [5, 5.41) is 19.2. The van der Waals surface area contributed by atoms with Gasteiger partial charge in [-0.3, -0.25) is 5.10 Å². The topological polar surface area (TPSA) is 101 Å². The molecule has 7 heteroatoms. The van der Waals surface area contributed by atoms with Gasteiger partial charge in [0.25, 0.3) is 5.89 Å². The van der Waals surface area contributed by atoms with Gasteiger partial charge < -0.3 is 9.26 Å². The monoisotopic (exact) mass is 267 g/mol. The first kappa shape index (κ1) is 11.9. The summed E-state index contributed by atoms with van der Waals surface area (Å²) in [6, 6.07) is 9.29. The van der Waals surface area contributed by atoms with Crippen LogP contribution in [0, 0.1) is 11.3 Å². The first-order valence-electron chi connectivity index (χ1n) is 5.74. The van der Waals surface area contributed by atoms with Gasteiger partial charge >= 0.3 is 0 Å². The fourth-order valence-corrected chi connectivity index (χ4v) is 1.75. The number of aromatic nitrogens is 4. The smallest absolute Gasteiger partial charge is 0.262 e. The molecule has 0 saturated carbocycles. The van der Waals surface area contributed by atoms with Crippen molar-refractivity contribution in [3.05, 3.63) is 36.2 Å². The lowest BCUT2D eigenvalue weighted by molar-refractivity contribution is 0.414. The molecule has 2 heterocycles. The van der Waals surface area contributed by atoms with Crippen LogP contribution in [0.3, 0.4) is 0 Å². The predicted molar refractivity (Wildman–Crippen MR) is 68.6 cm³/mol. The minimum atomic E-state index is 0.244. The number of H-pyrrole nitrogens is 1. The van der Waals surface area contributed by atoms with E-state index in [4.69, 9.17) is 14.5 Å². The molecular weight excluding hydrogens is 258 g/mol. The van der Waals surface area contributed by atoms with Gasteiger partial charge in [-0.1, -0.05) is 17.3 Å². The molecule has 2 aromatic heterocycles. The molecule has 0 spiro atoms. The van der Waals surface area contributed by atoms with E-state index < -0.39 is 0 Å². The minimum absolute atomic E-state index is 0.244. The number of ether oxygens (including phenoxy) is 1. The number of methoxy groups -OCH3 is 1. The van der Waals surface area contributed by atoms with E-state index in [1.54, 1.807) is 13.2 Å². The number of aromatic amines is 1. The molecule has 0 bridgehead atoms. The van der Waals surface area contributed by atoms with Gasteiger partial charge in [-0.25, -0.2) is 0 Å². The van der Waals surface area contributed by atoms with Crippen LogP contribution in [0.4, 0.5) is 0 Å². The Labute approximate surface area is 113 Å². The zero-order valence-corrected chi connectivity index (χ0v) is 10.5. The molecule has 0 saturated heterocycles. The molecule has 0 amide bonds. The second-order valence-electron chi connectivity index (χ2n) is 3.93. The largest absolute Gasteiger partial charge is 0.497 e. The Morgan fingerprint density at radius 2 is 2.30 bits per heavy atom. The highest BCUT2D eigenvalue weighted by molar-refractivity contribution is 5.63.